The number of hydrogen-bond acceptors (Lipinski definition) is 1. The van der Waals surface area contributed by atoms with Crippen molar-refractivity contribution in [2.75, 3.05) is 0 Å². The van der Waals surface area contributed by atoms with Crippen LogP contribution in [0.2, 0.25) is 0 Å². The molecule has 0 amide bonds. The topological polar surface area (TPSA) is 38.4 Å². The molecule has 2 heteroatoms. The summed E-state index contributed by atoms with van der Waals surface area (Å²) in [6.07, 6.45) is 2.27. The van der Waals surface area contributed by atoms with Gasteiger partial charge in [0.25, 0.3) is 0 Å². The molecule has 0 aromatic heterocycles. The molecule has 0 unspecified atom stereocenters. The third-order valence-corrected chi connectivity index (χ3v) is 2.79. The van der Waals surface area contributed by atoms with E-state index < -0.39 is 0 Å². The molecule has 0 spiro atoms. The van der Waals surface area contributed by atoms with Crippen molar-refractivity contribution in [2.45, 2.75) is 19.8 Å². The first-order valence-corrected chi connectivity index (χ1v) is 6.28. The van der Waals surface area contributed by atoms with E-state index in [0.717, 1.165) is 24.1 Å². The highest BCUT2D eigenvalue weighted by atomic mass is 14.9. The smallest absolute Gasteiger partial charge is 0.131 e. The zero-order chi connectivity index (χ0) is 12.8. The highest BCUT2D eigenvalue weighted by Crippen LogP contribution is 2.15. The van der Waals surface area contributed by atoms with Gasteiger partial charge in [0, 0.05) is 5.56 Å². The van der Waals surface area contributed by atoms with E-state index in [1.165, 1.54) is 5.56 Å². The van der Waals surface area contributed by atoms with Gasteiger partial charge in [-0.1, -0.05) is 55.8 Å². The molecule has 18 heavy (non-hydrogen) atoms. The summed E-state index contributed by atoms with van der Waals surface area (Å²) in [5.41, 5.74) is 9.17. The van der Waals surface area contributed by atoms with Crippen LogP contribution in [0.1, 0.15) is 24.5 Å². The number of nitrogens with two attached hydrogens (primary N) is 1. The Morgan fingerprint density at radius 1 is 1.00 bits per heavy atom. The Morgan fingerprint density at radius 3 is 2.28 bits per heavy atom. The number of hydrogen-bond donors (Lipinski definition) is 1. The molecule has 2 aromatic carbocycles. The monoisotopic (exact) mass is 238 g/mol. The van der Waals surface area contributed by atoms with E-state index in [1.807, 2.05) is 42.5 Å². The van der Waals surface area contributed by atoms with Crippen molar-refractivity contribution in [2.24, 2.45) is 10.7 Å². The van der Waals surface area contributed by atoms with Crippen LogP contribution in [0.5, 0.6) is 0 Å². The van der Waals surface area contributed by atoms with Crippen LogP contribution in [0.3, 0.4) is 0 Å². The molecular weight excluding hydrogens is 220 g/mol. The van der Waals surface area contributed by atoms with Crippen molar-refractivity contribution in [1.82, 2.24) is 0 Å². The lowest BCUT2D eigenvalue weighted by Gasteiger charge is -2.02. The molecule has 0 heterocycles. The van der Waals surface area contributed by atoms with Gasteiger partial charge in [0.2, 0.25) is 0 Å². The number of aryl methyl sites for hydroxylation is 1. The summed E-state index contributed by atoms with van der Waals surface area (Å²) < 4.78 is 0. The van der Waals surface area contributed by atoms with Crippen molar-refractivity contribution in [3.05, 3.63) is 65.7 Å². The highest BCUT2D eigenvalue weighted by Gasteiger charge is 1.97. The largest absolute Gasteiger partial charge is 0.383 e. The fourth-order valence-corrected chi connectivity index (χ4v) is 1.84. The first kappa shape index (κ1) is 12.4. The zero-order valence-electron chi connectivity index (χ0n) is 10.6. The Hall–Kier alpha value is -2.09. The van der Waals surface area contributed by atoms with Crippen LogP contribution in [0.25, 0.3) is 0 Å². The number of benzene rings is 2. The van der Waals surface area contributed by atoms with Gasteiger partial charge in [-0.05, 0) is 24.1 Å². The second-order valence-corrected chi connectivity index (χ2v) is 4.28. The predicted octanol–water partition coefficient (Wildman–Crippen LogP) is 3.68. The quantitative estimate of drug-likeness (QED) is 0.640. The predicted molar refractivity (Wildman–Crippen MR) is 77.3 cm³/mol. The van der Waals surface area contributed by atoms with Crippen molar-refractivity contribution in [1.29, 1.82) is 0 Å². The first-order valence-electron chi connectivity index (χ1n) is 6.28. The molecule has 0 aliphatic rings. The lowest BCUT2D eigenvalue weighted by Crippen LogP contribution is -2.12. The van der Waals surface area contributed by atoms with E-state index in [2.05, 4.69) is 24.0 Å². The van der Waals surface area contributed by atoms with Crippen LogP contribution >= 0.6 is 0 Å². The van der Waals surface area contributed by atoms with E-state index in [0.29, 0.717) is 5.84 Å². The standard InChI is InChI=1S/C16H18N2/c1-2-6-13-9-11-15(12-10-13)18-16(17)14-7-4-3-5-8-14/h3-5,7-12H,2,6H2,1H3,(H2,17,18). The fraction of sp³-hybridized carbons (Fsp3) is 0.188. The summed E-state index contributed by atoms with van der Waals surface area (Å²) in [5.74, 6) is 0.554. The number of rotatable bonds is 4. The maximum Gasteiger partial charge on any atom is 0.131 e. The van der Waals surface area contributed by atoms with Gasteiger partial charge < -0.3 is 5.73 Å². The SMILES string of the molecule is CCCc1ccc(N=C(N)c2ccccc2)cc1. The van der Waals surface area contributed by atoms with Crippen molar-refractivity contribution >= 4 is 11.5 Å². The van der Waals surface area contributed by atoms with E-state index >= 15 is 0 Å². The molecule has 0 radical (unpaired) electrons. The Balaban J connectivity index is 2.17. The second-order valence-electron chi connectivity index (χ2n) is 4.28. The Bertz CT molecular complexity index is 513. The molecule has 0 saturated heterocycles. The Labute approximate surface area is 108 Å². The van der Waals surface area contributed by atoms with Crippen LogP contribution < -0.4 is 5.73 Å². The Kier molecular flexibility index (Phi) is 4.13. The lowest BCUT2D eigenvalue weighted by atomic mass is 10.1. The van der Waals surface area contributed by atoms with Crippen LogP contribution in [0.15, 0.2) is 59.6 Å². The number of amidine groups is 1. The second kappa shape index (κ2) is 6.01. The molecule has 0 saturated carbocycles. The van der Waals surface area contributed by atoms with Crippen LogP contribution in [0, 0.1) is 0 Å². The van der Waals surface area contributed by atoms with Crippen molar-refractivity contribution < 1.29 is 0 Å². The minimum atomic E-state index is 0.554. The Morgan fingerprint density at radius 2 is 1.67 bits per heavy atom. The van der Waals surface area contributed by atoms with E-state index in [9.17, 15) is 0 Å². The summed E-state index contributed by atoms with van der Waals surface area (Å²) in [4.78, 5) is 4.42. The average molecular weight is 238 g/mol. The van der Waals surface area contributed by atoms with Crippen molar-refractivity contribution in [3.8, 4) is 0 Å². The van der Waals surface area contributed by atoms with Crippen LogP contribution in [-0.2, 0) is 6.42 Å². The normalized spacial score (nSPS) is 11.5. The number of nitrogens with zero attached hydrogens (tertiary/aromatic N) is 1. The van der Waals surface area contributed by atoms with Crippen LogP contribution in [-0.4, -0.2) is 5.84 Å². The van der Waals surface area contributed by atoms with Gasteiger partial charge in [-0.25, -0.2) is 4.99 Å². The minimum Gasteiger partial charge on any atom is -0.383 e. The summed E-state index contributed by atoms with van der Waals surface area (Å²) >= 11 is 0. The van der Waals surface area contributed by atoms with Gasteiger partial charge in [0.15, 0.2) is 0 Å². The van der Waals surface area contributed by atoms with Crippen LogP contribution in [0.4, 0.5) is 5.69 Å². The third kappa shape index (κ3) is 3.20. The van der Waals surface area contributed by atoms with Crippen molar-refractivity contribution in [3.63, 3.8) is 0 Å². The summed E-state index contributed by atoms with van der Waals surface area (Å²) in [6.45, 7) is 2.18. The zero-order valence-corrected chi connectivity index (χ0v) is 10.6. The molecule has 0 aliphatic carbocycles. The molecule has 0 aliphatic heterocycles. The molecular formula is C16H18N2. The fourth-order valence-electron chi connectivity index (χ4n) is 1.84. The first-order chi connectivity index (χ1) is 8.79. The van der Waals surface area contributed by atoms with E-state index in [4.69, 9.17) is 5.73 Å². The summed E-state index contributed by atoms with van der Waals surface area (Å²) in [7, 11) is 0. The lowest BCUT2D eigenvalue weighted by molar-refractivity contribution is 0.922. The molecule has 0 atom stereocenters. The third-order valence-electron chi connectivity index (χ3n) is 2.79. The molecule has 92 valence electrons. The summed E-state index contributed by atoms with van der Waals surface area (Å²) in [6, 6.07) is 18.1. The summed E-state index contributed by atoms with van der Waals surface area (Å²) in [5, 5.41) is 0. The van der Waals surface area contributed by atoms with Gasteiger partial charge >= 0.3 is 0 Å². The minimum absolute atomic E-state index is 0.554. The molecule has 0 fully saturated rings. The van der Waals surface area contributed by atoms with Gasteiger partial charge in [0.05, 0.1) is 5.69 Å². The molecule has 2 N–H and O–H groups in total. The molecule has 2 nitrogen and oxygen atoms in total. The molecule has 2 rings (SSSR count). The maximum absolute atomic E-state index is 5.97. The van der Waals surface area contributed by atoms with E-state index in [1.54, 1.807) is 0 Å². The molecule has 2 aromatic rings. The highest BCUT2D eigenvalue weighted by molar-refractivity contribution is 5.98. The van der Waals surface area contributed by atoms with Gasteiger partial charge in [0.1, 0.15) is 5.84 Å². The van der Waals surface area contributed by atoms with Gasteiger partial charge in [-0.3, -0.25) is 0 Å². The molecule has 0 bridgehead atoms. The number of aliphatic imine (C=N–C) groups is 1. The average Bonchev–Trinajstić information content (AvgIpc) is 2.42. The maximum atomic E-state index is 5.97. The van der Waals surface area contributed by atoms with E-state index in [-0.39, 0.29) is 0 Å². The van der Waals surface area contributed by atoms with Gasteiger partial charge in [-0.2, -0.15) is 0 Å². The van der Waals surface area contributed by atoms with Gasteiger partial charge in [-0.15, -0.1) is 0 Å².